The molecule has 0 radical (unpaired) electrons. The Kier molecular flexibility index (Phi) is 4.41. The van der Waals surface area contributed by atoms with Crippen molar-refractivity contribution in [1.29, 1.82) is 0 Å². The van der Waals surface area contributed by atoms with E-state index in [0.29, 0.717) is 5.82 Å². The van der Waals surface area contributed by atoms with Crippen molar-refractivity contribution in [1.82, 2.24) is 9.97 Å². The number of pyridine rings is 2. The van der Waals surface area contributed by atoms with E-state index in [1.54, 1.807) is 24.4 Å². The topological polar surface area (TPSA) is 81.2 Å². The number of carbonyl (C=O) groups is 2. The molecule has 0 aliphatic heterocycles. The molecule has 102 valence electrons. The van der Waals surface area contributed by atoms with Crippen LogP contribution in [0.1, 0.15) is 21.0 Å². The van der Waals surface area contributed by atoms with E-state index in [-0.39, 0.29) is 11.4 Å². The molecule has 1 N–H and O–H groups in total. The maximum Gasteiger partial charge on any atom is 0.356 e. The number of amides is 1. The van der Waals surface area contributed by atoms with Crippen molar-refractivity contribution in [2.24, 2.45) is 0 Å². The van der Waals surface area contributed by atoms with Gasteiger partial charge in [0.05, 0.1) is 7.11 Å². The molecule has 2 aromatic rings. The summed E-state index contributed by atoms with van der Waals surface area (Å²) in [4.78, 5) is 31.3. The summed E-state index contributed by atoms with van der Waals surface area (Å²) < 4.78 is 5.36. The number of ether oxygens (including phenoxy) is 1. The van der Waals surface area contributed by atoms with Gasteiger partial charge < -0.3 is 10.1 Å². The Bertz CT molecular complexity index is 644. The third kappa shape index (κ3) is 3.39. The van der Waals surface area contributed by atoms with Crippen molar-refractivity contribution >= 4 is 33.6 Å². The van der Waals surface area contributed by atoms with Gasteiger partial charge in [0.25, 0.3) is 5.91 Å². The monoisotopic (exact) mass is 335 g/mol. The Balaban J connectivity index is 2.17. The Morgan fingerprint density at radius 3 is 2.60 bits per heavy atom. The number of nitrogens with one attached hydrogen (secondary N) is 1. The first kappa shape index (κ1) is 14.1. The van der Waals surface area contributed by atoms with Crippen LogP contribution < -0.4 is 5.32 Å². The van der Waals surface area contributed by atoms with Gasteiger partial charge in [0.2, 0.25) is 0 Å². The fourth-order valence-electron chi connectivity index (χ4n) is 1.41. The Morgan fingerprint density at radius 2 is 1.95 bits per heavy atom. The zero-order valence-corrected chi connectivity index (χ0v) is 12.0. The minimum atomic E-state index is -0.596. The molecule has 0 aromatic carbocycles. The fraction of sp³-hybridized carbons (Fsp3) is 0.0769. The summed E-state index contributed by atoms with van der Waals surface area (Å²) in [6.07, 6.45) is 1.56. The van der Waals surface area contributed by atoms with Gasteiger partial charge in [-0.05, 0) is 40.2 Å². The normalized spacial score (nSPS) is 9.90. The van der Waals surface area contributed by atoms with Crippen molar-refractivity contribution in [3.63, 3.8) is 0 Å². The predicted molar refractivity (Wildman–Crippen MR) is 75.5 cm³/mol. The zero-order valence-electron chi connectivity index (χ0n) is 10.5. The van der Waals surface area contributed by atoms with Gasteiger partial charge in [0, 0.05) is 10.7 Å². The van der Waals surface area contributed by atoms with Gasteiger partial charge in [-0.15, -0.1) is 0 Å². The van der Waals surface area contributed by atoms with Gasteiger partial charge >= 0.3 is 5.97 Å². The SMILES string of the molecule is COC(=O)c1cccc(C(=O)Nc2ccc(Br)cn2)n1. The Morgan fingerprint density at radius 1 is 1.20 bits per heavy atom. The van der Waals surface area contributed by atoms with Crippen LogP contribution in [-0.2, 0) is 4.74 Å². The average Bonchev–Trinajstić information content (AvgIpc) is 2.49. The Labute approximate surface area is 123 Å². The highest BCUT2D eigenvalue weighted by Gasteiger charge is 2.12. The summed E-state index contributed by atoms with van der Waals surface area (Å²) in [6.45, 7) is 0. The van der Waals surface area contributed by atoms with Crippen LogP contribution in [-0.4, -0.2) is 29.0 Å². The molecule has 0 spiro atoms. The second-order valence-electron chi connectivity index (χ2n) is 3.72. The molecule has 0 atom stereocenters. The van der Waals surface area contributed by atoms with E-state index >= 15 is 0 Å². The number of carbonyl (C=O) groups excluding carboxylic acids is 2. The number of anilines is 1. The van der Waals surface area contributed by atoms with Crippen molar-refractivity contribution in [3.8, 4) is 0 Å². The van der Waals surface area contributed by atoms with Gasteiger partial charge in [0.15, 0.2) is 0 Å². The molecule has 0 aliphatic carbocycles. The molecule has 2 heterocycles. The van der Waals surface area contributed by atoms with E-state index in [2.05, 4.69) is 36.0 Å². The van der Waals surface area contributed by atoms with Crippen LogP contribution in [0.5, 0.6) is 0 Å². The number of halogens is 1. The predicted octanol–water partition coefficient (Wildman–Crippen LogP) is 2.28. The van der Waals surface area contributed by atoms with Crippen LogP contribution in [0, 0.1) is 0 Å². The quantitative estimate of drug-likeness (QED) is 0.870. The average molecular weight is 336 g/mol. The first-order valence-corrected chi connectivity index (χ1v) is 6.37. The molecule has 2 aromatic heterocycles. The van der Waals surface area contributed by atoms with Crippen LogP contribution in [0.3, 0.4) is 0 Å². The lowest BCUT2D eigenvalue weighted by molar-refractivity contribution is 0.0594. The van der Waals surface area contributed by atoms with Crippen LogP contribution in [0.4, 0.5) is 5.82 Å². The van der Waals surface area contributed by atoms with Gasteiger partial charge in [-0.2, -0.15) is 0 Å². The number of rotatable bonds is 3. The smallest absolute Gasteiger partial charge is 0.356 e. The number of aromatic nitrogens is 2. The maximum absolute atomic E-state index is 12.0. The number of hydrogen-bond acceptors (Lipinski definition) is 5. The van der Waals surface area contributed by atoms with Crippen LogP contribution in [0.25, 0.3) is 0 Å². The molecular weight excluding hydrogens is 326 g/mol. The van der Waals surface area contributed by atoms with E-state index in [1.807, 2.05) is 0 Å². The largest absolute Gasteiger partial charge is 0.464 e. The second-order valence-corrected chi connectivity index (χ2v) is 4.63. The number of esters is 1. The Hall–Kier alpha value is -2.28. The molecular formula is C13H10BrN3O3. The molecule has 7 heteroatoms. The molecule has 0 fully saturated rings. The van der Waals surface area contributed by atoms with Gasteiger partial charge in [-0.3, -0.25) is 4.79 Å². The number of methoxy groups -OCH3 is 1. The van der Waals surface area contributed by atoms with Crippen LogP contribution in [0.15, 0.2) is 41.0 Å². The third-order valence-corrected chi connectivity index (χ3v) is 2.81. The van der Waals surface area contributed by atoms with E-state index in [9.17, 15) is 9.59 Å². The van der Waals surface area contributed by atoms with Crippen molar-refractivity contribution in [2.75, 3.05) is 12.4 Å². The van der Waals surface area contributed by atoms with E-state index in [1.165, 1.54) is 19.2 Å². The van der Waals surface area contributed by atoms with E-state index in [4.69, 9.17) is 0 Å². The molecule has 0 aliphatic rings. The molecule has 2 rings (SSSR count). The highest BCUT2D eigenvalue weighted by Crippen LogP contribution is 2.11. The zero-order chi connectivity index (χ0) is 14.5. The highest BCUT2D eigenvalue weighted by atomic mass is 79.9. The highest BCUT2D eigenvalue weighted by molar-refractivity contribution is 9.10. The lowest BCUT2D eigenvalue weighted by atomic mass is 10.3. The second kappa shape index (κ2) is 6.25. The fourth-order valence-corrected chi connectivity index (χ4v) is 1.64. The number of nitrogens with zero attached hydrogens (tertiary/aromatic N) is 2. The summed E-state index contributed by atoms with van der Waals surface area (Å²) in [5.41, 5.74) is 0.182. The van der Waals surface area contributed by atoms with E-state index in [0.717, 1.165) is 4.47 Å². The first-order valence-electron chi connectivity index (χ1n) is 5.58. The lowest BCUT2D eigenvalue weighted by Gasteiger charge is -2.05. The van der Waals surface area contributed by atoms with Gasteiger partial charge in [-0.1, -0.05) is 6.07 Å². The lowest BCUT2D eigenvalue weighted by Crippen LogP contribution is -2.16. The summed E-state index contributed by atoms with van der Waals surface area (Å²) >= 11 is 3.25. The first-order chi connectivity index (χ1) is 9.60. The maximum atomic E-state index is 12.0. The van der Waals surface area contributed by atoms with Crippen LogP contribution in [0.2, 0.25) is 0 Å². The van der Waals surface area contributed by atoms with Crippen molar-refractivity contribution < 1.29 is 14.3 Å². The summed E-state index contributed by atoms with van der Waals surface area (Å²) in [6, 6.07) is 7.93. The summed E-state index contributed by atoms with van der Waals surface area (Å²) in [5.74, 6) is -0.657. The molecule has 0 saturated heterocycles. The third-order valence-electron chi connectivity index (χ3n) is 2.35. The standard InChI is InChI=1S/C13H10BrN3O3/c1-20-13(19)10-4-2-3-9(16-10)12(18)17-11-6-5-8(14)7-15-11/h2-7H,1H3,(H,15,17,18). The van der Waals surface area contributed by atoms with Gasteiger partial charge in [-0.25, -0.2) is 14.8 Å². The van der Waals surface area contributed by atoms with E-state index < -0.39 is 11.9 Å². The summed E-state index contributed by atoms with van der Waals surface area (Å²) in [5, 5.41) is 2.58. The van der Waals surface area contributed by atoms with Crippen LogP contribution >= 0.6 is 15.9 Å². The molecule has 20 heavy (non-hydrogen) atoms. The minimum Gasteiger partial charge on any atom is -0.464 e. The molecule has 1 amide bonds. The molecule has 0 saturated carbocycles. The molecule has 0 unspecified atom stereocenters. The van der Waals surface area contributed by atoms with Crippen molar-refractivity contribution in [3.05, 3.63) is 52.4 Å². The van der Waals surface area contributed by atoms with Crippen molar-refractivity contribution in [2.45, 2.75) is 0 Å². The number of hydrogen-bond donors (Lipinski definition) is 1. The molecule has 0 bridgehead atoms. The minimum absolute atomic E-state index is 0.0731. The summed E-state index contributed by atoms with van der Waals surface area (Å²) in [7, 11) is 1.25. The molecule has 6 nitrogen and oxygen atoms in total. The van der Waals surface area contributed by atoms with Gasteiger partial charge in [0.1, 0.15) is 17.2 Å².